The predicted molar refractivity (Wildman–Crippen MR) is 62.6 cm³/mol. The molecule has 2 rings (SSSR count). The van der Waals surface area contributed by atoms with Crippen molar-refractivity contribution in [1.82, 2.24) is 0 Å². The van der Waals surface area contributed by atoms with Crippen LogP contribution in [0.5, 0.6) is 5.75 Å². The van der Waals surface area contributed by atoms with Crippen LogP contribution in [0.15, 0.2) is 18.2 Å². The van der Waals surface area contributed by atoms with Gasteiger partial charge in [-0.3, -0.25) is 0 Å². The third kappa shape index (κ3) is 3.35. The summed E-state index contributed by atoms with van der Waals surface area (Å²) in [6.45, 7) is 0.722. The Morgan fingerprint density at radius 2 is 2.24 bits per heavy atom. The summed E-state index contributed by atoms with van der Waals surface area (Å²) < 4.78 is 10.5. The first kappa shape index (κ1) is 12.2. The molecule has 1 saturated carbocycles. The molecule has 0 bridgehead atoms. The van der Waals surface area contributed by atoms with E-state index in [2.05, 4.69) is 0 Å². The van der Waals surface area contributed by atoms with Crippen LogP contribution in [0.4, 0.5) is 0 Å². The molecule has 0 aliphatic heterocycles. The number of halogens is 1. The first-order valence-electron chi connectivity index (χ1n) is 5.41. The third-order valence-corrected chi connectivity index (χ3v) is 2.85. The molecule has 0 aromatic heterocycles. The molecule has 1 aliphatic carbocycles. The van der Waals surface area contributed by atoms with Gasteiger partial charge >= 0.3 is 5.97 Å². The van der Waals surface area contributed by atoms with E-state index in [1.807, 2.05) is 0 Å². The highest BCUT2D eigenvalue weighted by atomic mass is 35.5. The number of carbonyl (C=O) groups is 1. The molecule has 1 fully saturated rings. The second-order valence-electron chi connectivity index (χ2n) is 3.99. The molecule has 0 saturated heterocycles. The molecule has 1 aromatic rings. The normalized spacial score (nSPS) is 14.6. The highest BCUT2D eigenvalue weighted by Crippen LogP contribution is 2.29. The Morgan fingerprint density at radius 3 is 2.88 bits per heavy atom. The van der Waals surface area contributed by atoms with Crippen LogP contribution in [0.3, 0.4) is 0 Å². The third-order valence-electron chi connectivity index (χ3n) is 2.54. The molecule has 0 spiro atoms. The number of hydrogen-bond donors (Lipinski definition) is 1. The van der Waals surface area contributed by atoms with Gasteiger partial charge in [0.15, 0.2) is 6.79 Å². The van der Waals surface area contributed by atoms with Gasteiger partial charge < -0.3 is 14.6 Å². The molecule has 0 radical (unpaired) electrons. The zero-order valence-electron chi connectivity index (χ0n) is 9.19. The molecule has 1 aromatic carbocycles. The van der Waals surface area contributed by atoms with Crippen molar-refractivity contribution in [3.8, 4) is 5.75 Å². The molecule has 17 heavy (non-hydrogen) atoms. The van der Waals surface area contributed by atoms with E-state index in [0.717, 1.165) is 0 Å². The van der Waals surface area contributed by atoms with Crippen molar-refractivity contribution in [2.24, 2.45) is 5.92 Å². The molecule has 0 atom stereocenters. The van der Waals surface area contributed by atoms with Crippen LogP contribution in [-0.2, 0) is 4.74 Å². The van der Waals surface area contributed by atoms with Crippen LogP contribution in [0, 0.1) is 5.92 Å². The lowest BCUT2D eigenvalue weighted by atomic mass is 10.2. The van der Waals surface area contributed by atoms with Crippen molar-refractivity contribution in [2.75, 3.05) is 13.4 Å². The van der Waals surface area contributed by atoms with E-state index < -0.39 is 5.97 Å². The van der Waals surface area contributed by atoms with Gasteiger partial charge in [-0.15, -0.1) is 0 Å². The minimum Gasteiger partial charge on any atom is -0.478 e. The molecule has 1 aliphatic rings. The lowest BCUT2D eigenvalue weighted by Crippen LogP contribution is -2.08. The maximum absolute atomic E-state index is 11.0. The Kier molecular flexibility index (Phi) is 3.86. The smallest absolute Gasteiger partial charge is 0.341 e. The number of aromatic carboxylic acids is 1. The van der Waals surface area contributed by atoms with E-state index >= 15 is 0 Å². The Labute approximate surface area is 104 Å². The Hall–Kier alpha value is -1.26. The lowest BCUT2D eigenvalue weighted by Gasteiger charge is -2.10. The highest BCUT2D eigenvalue weighted by Gasteiger charge is 2.21. The number of carboxylic acids is 1. The van der Waals surface area contributed by atoms with Gasteiger partial charge in [0.1, 0.15) is 11.3 Å². The van der Waals surface area contributed by atoms with Crippen LogP contribution in [-0.4, -0.2) is 24.5 Å². The van der Waals surface area contributed by atoms with Gasteiger partial charge in [0, 0.05) is 0 Å². The average molecular weight is 257 g/mol. The first-order chi connectivity index (χ1) is 8.18. The van der Waals surface area contributed by atoms with E-state index in [-0.39, 0.29) is 23.1 Å². The summed E-state index contributed by atoms with van der Waals surface area (Å²) in [5.41, 5.74) is -0.0239. The standard InChI is InChI=1S/C12H13ClO4/c13-9-2-1-3-10(11(9)12(14)15)17-7-16-6-8-4-5-8/h1-3,8H,4-7H2,(H,14,15). The van der Waals surface area contributed by atoms with E-state index in [9.17, 15) is 4.79 Å². The fourth-order valence-corrected chi connectivity index (χ4v) is 1.68. The summed E-state index contributed by atoms with van der Waals surface area (Å²) in [5.74, 6) is -0.217. The van der Waals surface area contributed by atoms with Gasteiger partial charge in [0.05, 0.1) is 11.6 Å². The van der Waals surface area contributed by atoms with Crippen molar-refractivity contribution in [3.05, 3.63) is 28.8 Å². The molecule has 0 unspecified atom stereocenters. The van der Waals surface area contributed by atoms with Gasteiger partial charge in [0.25, 0.3) is 0 Å². The number of benzene rings is 1. The average Bonchev–Trinajstić information content (AvgIpc) is 3.07. The van der Waals surface area contributed by atoms with Crippen molar-refractivity contribution in [3.63, 3.8) is 0 Å². The Bertz CT molecular complexity index is 415. The maximum Gasteiger partial charge on any atom is 0.341 e. The van der Waals surface area contributed by atoms with Crippen LogP contribution in [0.25, 0.3) is 0 Å². The topological polar surface area (TPSA) is 55.8 Å². The number of hydrogen-bond acceptors (Lipinski definition) is 3. The SMILES string of the molecule is O=C(O)c1c(Cl)cccc1OCOCC1CC1. The van der Waals surface area contributed by atoms with Crippen molar-refractivity contribution in [2.45, 2.75) is 12.8 Å². The van der Waals surface area contributed by atoms with Gasteiger partial charge in [-0.05, 0) is 30.9 Å². The van der Waals surface area contributed by atoms with Gasteiger partial charge in [-0.1, -0.05) is 17.7 Å². The molecule has 92 valence electrons. The second kappa shape index (κ2) is 5.38. The summed E-state index contributed by atoms with van der Waals surface area (Å²) in [5, 5.41) is 9.16. The number of carboxylic acid groups (broad SMARTS) is 1. The minimum absolute atomic E-state index is 0.0239. The Balaban J connectivity index is 1.93. The molecule has 1 N–H and O–H groups in total. The first-order valence-corrected chi connectivity index (χ1v) is 5.78. The number of ether oxygens (including phenoxy) is 2. The van der Waals surface area contributed by atoms with Gasteiger partial charge in [-0.25, -0.2) is 4.79 Å². The maximum atomic E-state index is 11.0. The van der Waals surface area contributed by atoms with Gasteiger partial charge in [-0.2, -0.15) is 0 Å². The van der Waals surface area contributed by atoms with Crippen molar-refractivity contribution >= 4 is 17.6 Å². The van der Waals surface area contributed by atoms with E-state index in [1.165, 1.54) is 18.9 Å². The molecular weight excluding hydrogens is 244 g/mol. The van der Waals surface area contributed by atoms with Crippen LogP contribution in [0.2, 0.25) is 5.02 Å². The Morgan fingerprint density at radius 1 is 1.47 bits per heavy atom. The fraction of sp³-hybridized carbons (Fsp3) is 0.417. The molecular formula is C12H13ClO4. The van der Waals surface area contributed by atoms with E-state index in [0.29, 0.717) is 12.5 Å². The monoisotopic (exact) mass is 256 g/mol. The second-order valence-corrected chi connectivity index (χ2v) is 4.40. The predicted octanol–water partition coefficient (Wildman–Crippen LogP) is 2.80. The minimum atomic E-state index is -1.10. The quantitative estimate of drug-likeness (QED) is 0.628. The van der Waals surface area contributed by atoms with Crippen LogP contribution < -0.4 is 4.74 Å². The summed E-state index contributed by atoms with van der Waals surface area (Å²) in [6, 6.07) is 4.73. The van der Waals surface area contributed by atoms with Crippen molar-refractivity contribution in [1.29, 1.82) is 0 Å². The summed E-state index contributed by atoms with van der Waals surface area (Å²) in [4.78, 5) is 11.0. The summed E-state index contributed by atoms with van der Waals surface area (Å²) in [6.07, 6.45) is 2.41. The molecule has 4 nitrogen and oxygen atoms in total. The zero-order valence-corrected chi connectivity index (χ0v) is 9.94. The summed E-state index contributed by atoms with van der Waals surface area (Å²) in [7, 11) is 0. The van der Waals surface area contributed by atoms with Crippen molar-refractivity contribution < 1.29 is 19.4 Å². The van der Waals surface area contributed by atoms with E-state index in [4.69, 9.17) is 26.2 Å². The zero-order chi connectivity index (χ0) is 12.3. The molecule has 0 amide bonds. The fourth-order valence-electron chi connectivity index (χ4n) is 1.44. The van der Waals surface area contributed by atoms with Gasteiger partial charge in [0.2, 0.25) is 0 Å². The largest absolute Gasteiger partial charge is 0.478 e. The lowest BCUT2D eigenvalue weighted by molar-refractivity contribution is 0.00920. The number of rotatable bonds is 6. The van der Waals surface area contributed by atoms with Crippen LogP contribution in [0.1, 0.15) is 23.2 Å². The molecule has 0 heterocycles. The summed E-state index contributed by atoms with van der Waals surface area (Å²) >= 11 is 5.80. The van der Waals surface area contributed by atoms with Crippen LogP contribution >= 0.6 is 11.6 Å². The molecule has 5 heteroatoms. The van der Waals surface area contributed by atoms with E-state index in [1.54, 1.807) is 12.1 Å². The highest BCUT2D eigenvalue weighted by molar-refractivity contribution is 6.33.